The molecule has 0 unspecified atom stereocenters. The average molecular weight is 279 g/mol. The fourth-order valence-electron chi connectivity index (χ4n) is 1.56. The summed E-state index contributed by atoms with van der Waals surface area (Å²) >= 11 is 5.14. The summed E-state index contributed by atoms with van der Waals surface area (Å²) in [7, 11) is 1.66. The van der Waals surface area contributed by atoms with Crippen molar-refractivity contribution in [1.82, 2.24) is 10.7 Å². The molecule has 0 saturated heterocycles. The van der Waals surface area contributed by atoms with E-state index in [9.17, 15) is 0 Å². The van der Waals surface area contributed by atoms with Crippen molar-refractivity contribution < 1.29 is 4.74 Å². The van der Waals surface area contributed by atoms with Crippen molar-refractivity contribution in [3.05, 3.63) is 35.9 Å². The summed E-state index contributed by atoms with van der Waals surface area (Å²) in [4.78, 5) is 0. The summed E-state index contributed by atoms with van der Waals surface area (Å²) in [5.74, 6) is 0. The van der Waals surface area contributed by atoms with Crippen molar-refractivity contribution in [1.29, 1.82) is 0 Å². The van der Waals surface area contributed by atoms with Gasteiger partial charge in [-0.2, -0.15) is 5.10 Å². The number of thiocarbonyl (C=S) groups is 1. The SMILES string of the molecule is CCCC(=NNC(=S)NCCOC)c1ccccc1. The molecule has 1 aromatic rings. The van der Waals surface area contributed by atoms with Crippen LogP contribution in [0.4, 0.5) is 0 Å². The van der Waals surface area contributed by atoms with E-state index in [1.54, 1.807) is 7.11 Å². The largest absolute Gasteiger partial charge is 0.383 e. The number of nitrogens with one attached hydrogen (secondary N) is 2. The van der Waals surface area contributed by atoms with Gasteiger partial charge in [-0.15, -0.1) is 0 Å². The number of rotatable bonds is 7. The quantitative estimate of drug-likeness (QED) is 0.348. The minimum Gasteiger partial charge on any atom is -0.383 e. The Bertz CT molecular complexity index is 406. The molecule has 0 heterocycles. The molecule has 0 amide bonds. The smallest absolute Gasteiger partial charge is 0.187 e. The molecule has 0 spiro atoms. The summed E-state index contributed by atoms with van der Waals surface area (Å²) in [6.07, 6.45) is 1.96. The Labute approximate surface area is 120 Å². The Morgan fingerprint density at radius 3 is 2.68 bits per heavy atom. The van der Waals surface area contributed by atoms with Gasteiger partial charge in [0.1, 0.15) is 0 Å². The third-order valence-corrected chi connectivity index (χ3v) is 2.71. The molecule has 0 atom stereocenters. The highest BCUT2D eigenvalue weighted by Crippen LogP contribution is 2.05. The lowest BCUT2D eigenvalue weighted by molar-refractivity contribution is 0.204. The highest BCUT2D eigenvalue weighted by atomic mass is 32.1. The van der Waals surface area contributed by atoms with Gasteiger partial charge in [-0.25, -0.2) is 0 Å². The van der Waals surface area contributed by atoms with E-state index in [-0.39, 0.29) is 0 Å². The van der Waals surface area contributed by atoms with Crippen molar-refractivity contribution in [2.75, 3.05) is 20.3 Å². The van der Waals surface area contributed by atoms with Gasteiger partial charge in [-0.1, -0.05) is 43.7 Å². The van der Waals surface area contributed by atoms with E-state index in [0.29, 0.717) is 18.3 Å². The Kier molecular flexibility index (Phi) is 7.77. The van der Waals surface area contributed by atoms with E-state index in [2.05, 4.69) is 34.9 Å². The average Bonchev–Trinajstić information content (AvgIpc) is 2.44. The number of nitrogens with zero attached hydrogens (tertiary/aromatic N) is 1. The molecule has 19 heavy (non-hydrogen) atoms. The number of ether oxygens (including phenoxy) is 1. The van der Waals surface area contributed by atoms with Crippen LogP contribution in [0.5, 0.6) is 0 Å². The first-order chi connectivity index (χ1) is 9.27. The molecule has 5 heteroatoms. The van der Waals surface area contributed by atoms with Crippen LogP contribution in [0.1, 0.15) is 25.3 Å². The Morgan fingerprint density at radius 1 is 1.32 bits per heavy atom. The predicted octanol–water partition coefficient (Wildman–Crippen LogP) is 2.30. The van der Waals surface area contributed by atoms with Gasteiger partial charge in [0.25, 0.3) is 0 Å². The second kappa shape index (κ2) is 9.47. The molecule has 2 N–H and O–H groups in total. The van der Waals surface area contributed by atoms with Crippen LogP contribution in [0.2, 0.25) is 0 Å². The summed E-state index contributed by atoms with van der Waals surface area (Å²) < 4.78 is 4.94. The fraction of sp³-hybridized carbons (Fsp3) is 0.429. The lowest BCUT2D eigenvalue weighted by Gasteiger charge is -2.09. The molecular formula is C14H21N3OS. The van der Waals surface area contributed by atoms with Gasteiger partial charge < -0.3 is 10.1 Å². The van der Waals surface area contributed by atoms with Crippen LogP contribution < -0.4 is 10.7 Å². The van der Waals surface area contributed by atoms with E-state index >= 15 is 0 Å². The fourth-order valence-corrected chi connectivity index (χ4v) is 1.70. The maximum atomic E-state index is 5.14. The first-order valence-electron chi connectivity index (χ1n) is 6.42. The van der Waals surface area contributed by atoms with Crippen LogP contribution in [0.25, 0.3) is 0 Å². The third kappa shape index (κ3) is 6.31. The normalized spacial score (nSPS) is 11.2. The molecule has 0 aromatic heterocycles. The molecule has 1 rings (SSSR count). The molecule has 0 aliphatic heterocycles. The van der Waals surface area contributed by atoms with Crippen molar-refractivity contribution in [3.63, 3.8) is 0 Å². The Morgan fingerprint density at radius 2 is 2.05 bits per heavy atom. The lowest BCUT2D eigenvalue weighted by Crippen LogP contribution is -2.34. The molecule has 0 fully saturated rings. The second-order valence-electron chi connectivity index (χ2n) is 4.04. The van der Waals surface area contributed by atoms with Crippen LogP contribution >= 0.6 is 12.2 Å². The van der Waals surface area contributed by atoms with Gasteiger partial charge in [-0.3, -0.25) is 5.43 Å². The van der Waals surface area contributed by atoms with Crippen molar-refractivity contribution in [2.45, 2.75) is 19.8 Å². The van der Waals surface area contributed by atoms with Crippen LogP contribution in [-0.4, -0.2) is 31.1 Å². The van der Waals surface area contributed by atoms with Gasteiger partial charge in [0.2, 0.25) is 0 Å². The van der Waals surface area contributed by atoms with Gasteiger partial charge in [0, 0.05) is 13.7 Å². The Hall–Kier alpha value is -1.46. The van der Waals surface area contributed by atoms with Gasteiger partial charge in [-0.05, 0) is 24.2 Å². The Balaban J connectivity index is 2.56. The van der Waals surface area contributed by atoms with E-state index in [4.69, 9.17) is 17.0 Å². The molecule has 1 aromatic carbocycles. The first kappa shape index (κ1) is 15.6. The maximum Gasteiger partial charge on any atom is 0.187 e. The second-order valence-corrected chi connectivity index (χ2v) is 4.44. The monoisotopic (exact) mass is 279 g/mol. The molecular weight excluding hydrogens is 258 g/mol. The molecule has 0 radical (unpaired) electrons. The standard InChI is InChI=1S/C14H21N3OS/c1-3-7-13(12-8-5-4-6-9-12)16-17-14(19)15-10-11-18-2/h4-6,8-9H,3,7,10-11H2,1-2H3,(H2,15,17,19). The maximum absolute atomic E-state index is 5.14. The van der Waals surface area contributed by atoms with E-state index in [1.165, 1.54) is 0 Å². The van der Waals surface area contributed by atoms with Gasteiger partial charge >= 0.3 is 0 Å². The minimum absolute atomic E-state index is 0.515. The highest BCUT2D eigenvalue weighted by molar-refractivity contribution is 7.80. The number of benzene rings is 1. The lowest BCUT2D eigenvalue weighted by atomic mass is 10.1. The van der Waals surface area contributed by atoms with Crippen LogP contribution in [0, 0.1) is 0 Å². The number of hydrogen-bond donors (Lipinski definition) is 2. The zero-order valence-electron chi connectivity index (χ0n) is 11.5. The molecule has 104 valence electrons. The topological polar surface area (TPSA) is 45.7 Å². The molecule has 0 saturated carbocycles. The minimum atomic E-state index is 0.515. The highest BCUT2D eigenvalue weighted by Gasteiger charge is 2.02. The van der Waals surface area contributed by atoms with Crippen molar-refractivity contribution in [3.8, 4) is 0 Å². The van der Waals surface area contributed by atoms with E-state index < -0.39 is 0 Å². The van der Waals surface area contributed by atoms with Crippen LogP contribution in [-0.2, 0) is 4.74 Å². The summed E-state index contributed by atoms with van der Waals surface area (Å²) in [5.41, 5.74) is 5.01. The number of methoxy groups -OCH3 is 1. The zero-order chi connectivity index (χ0) is 13.9. The summed E-state index contributed by atoms with van der Waals surface area (Å²) in [6.45, 7) is 3.42. The van der Waals surface area contributed by atoms with Crippen LogP contribution in [0.3, 0.4) is 0 Å². The van der Waals surface area contributed by atoms with E-state index in [1.807, 2.05) is 18.2 Å². The summed E-state index contributed by atoms with van der Waals surface area (Å²) in [5, 5.41) is 7.92. The van der Waals surface area contributed by atoms with Gasteiger partial charge in [0.05, 0.1) is 12.3 Å². The number of hydrazone groups is 1. The first-order valence-corrected chi connectivity index (χ1v) is 6.83. The van der Waals surface area contributed by atoms with Crippen molar-refractivity contribution >= 4 is 23.0 Å². The van der Waals surface area contributed by atoms with Crippen LogP contribution in [0.15, 0.2) is 35.4 Å². The molecule has 4 nitrogen and oxygen atoms in total. The zero-order valence-corrected chi connectivity index (χ0v) is 12.3. The van der Waals surface area contributed by atoms with Crippen molar-refractivity contribution in [2.24, 2.45) is 5.10 Å². The third-order valence-electron chi connectivity index (χ3n) is 2.48. The molecule has 0 aliphatic carbocycles. The number of hydrogen-bond acceptors (Lipinski definition) is 3. The van der Waals surface area contributed by atoms with E-state index in [0.717, 1.165) is 24.1 Å². The molecule has 0 bridgehead atoms. The predicted molar refractivity (Wildman–Crippen MR) is 83.5 cm³/mol. The van der Waals surface area contributed by atoms with Gasteiger partial charge in [0.15, 0.2) is 5.11 Å². The summed E-state index contributed by atoms with van der Waals surface area (Å²) in [6, 6.07) is 10.1. The molecule has 0 aliphatic rings.